The van der Waals surface area contributed by atoms with Gasteiger partial charge >= 0.3 is 0 Å². The molecule has 0 bridgehead atoms. The molecular weight excluding hydrogens is 342 g/mol. The predicted molar refractivity (Wildman–Crippen MR) is 91.9 cm³/mol. The lowest BCUT2D eigenvalue weighted by molar-refractivity contribution is 0.0881. The molecule has 6 nitrogen and oxygen atoms in total. The highest BCUT2D eigenvalue weighted by molar-refractivity contribution is 6.30. The van der Waals surface area contributed by atoms with Gasteiger partial charge in [0.1, 0.15) is 11.9 Å². The van der Waals surface area contributed by atoms with Crippen molar-refractivity contribution in [2.75, 3.05) is 0 Å². The number of carbonyl (C=O) groups excluding carboxylic acids is 1. The normalized spacial score (nSPS) is 23.2. The highest BCUT2D eigenvalue weighted by Gasteiger charge is 2.30. The van der Waals surface area contributed by atoms with Gasteiger partial charge in [0.15, 0.2) is 5.69 Å². The smallest absolute Gasteiger partial charge is 0.273 e. The summed E-state index contributed by atoms with van der Waals surface area (Å²) in [6.45, 7) is 0. The molecule has 0 atom stereocenters. The number of hydrogen-bond acceptors (Lipinski definition) is 5. The van der Waals surface area contributed by atoms with E-state index in [1.54, 1.807) is 24.4 Å². The maximum atomic E-state index is 12.3. The lowest BCUT2D eigenvalue weighted by atomic mass is 9.93. The Kier molecular flexibility index (Phi) is 4.61. The summed E-state index contributed by atoms with van der Waals surface area (Å²) < 4.78 is 11.1. The summed E-state index contributed by atoms with van der Waals surface area (Å²) in [6.07, 6.45) is 7.45. The van der Waals surface area contributed by atoms with Crippen molar-refractivity contribution >= 4 is 17.5 Å². The fourth-order valence-corrected chi connectivity index (χ4v) is 3.26. The third-order valence-corrected chi connectivity index (χ3v) is 4.96. The average Bonchev–Trinajstić information content (AvgIpc) is 3.35. The first kappa shape index (κ1) is 16.4. The third-order valence-electron chi connectivity index (χ3n) is 4.74. The SMILES string of the molecule is O=C(NC1CCC(Oc2ccc(Cl)cn2)CC1)c1cc(C2CC2)on1. The molecule has 25 heavy (non-hydrogen) atoms. The molecule has 7 heteroatoms. The molecule has 2 saturated carbocycles. The molecule has 0 spiro atoms. The molecule has 2 fully saturated rings. The second kappa shape index (κ2) is 7.04. The van der Waals surface area contributed by atoms with Crippen LogP contribution in [0, 0.1) is 0 Å². The fraction of sp³-hybridized carbons (Fsp3) is 0.500. The van der Waals surface area contributed by atoms with Crippen LogP contribution >= 0.6 is 11.6 Å². The number of amides is 1. The monoisotopic (exact) mass is 361 g/mol. The Morgan fingerprint density at radius 1 is 1.20 bits per heavy atom. The Morgan fingerprint density at radius 2 is 2.00 bits per heavy atom. The van der Waals surface area contributed by atoms with Gasteiger partial charge in [-0.25, -0.2) is 4.98 Å². The fourth-order valence-electron chi connectivity index (χ4n) is 3.14. The van der Waals surface area contributed by atoms with Gasteiger partial charge in [0.2, 0.25) is 5.88 Å². The van der Waals surface area contributed by atoms with Crippen LogP contribution in [0.5, 0.6) is 5.88 Å². The topological polar surface area (TPSA) is 77.2 Å². The second-order valence-electron chi connectivity index (χ2n) is 6.77. The minimum atomic E-state index is -0.153. The van der Waals surface area contributed by atoms with E-state index in [1.165, 1.54) is 0 Å². The minimum Gasteiger partial charge on any atom is -0.474 e. The molecule has 2 aliphatic rings. The van der Waals surface area contributed by atoms with Crippen molar-refractivity contribution in [2.45, 2.75) is 56.6 Å². The number of ether oxygens (including phenoxy) is 1. The van der Waals surface area contributed by atoms with E-state index >= 15 is 0 Å². The summed E-state index contributed by atoms with van der Waals surface area (Å²) in [6, 6.07) is 5.46. The van der Waals surface area contributed by atoms with Crippen molar-refractivity contribution in [3.8, 4) is 5.88 Å². The minimum absolute atomic E-state index is 0.121. The molecule has 132 valence electrons. The number of nitrogens with zero attached hydrogens (tertiary/aromatic N) is 2. The first-order valence-electron chi connectivity index (χ1n) is 8.73. The Morgan fingerprint density at radius 3 is 2.68 bits per heavy atom. The van der Waals surface area contributed by atoms with Gasteiger partial charge in [0.05, 0.1) is 5.02 Å². The predicted octanol–water partition coefficient (Wildman–Crippen LogP) is 3.72. The first-order valence-corrected chi connectivity index (χ1v) is 9.11. The van der Waals surface area contributed by atoms with Crippen LogP contribution in [0.4, 0.5) is 0 Å². The maximum Gasteiger partial charge on any atom is 0.273 e. The van der Waals surface area contributed by atoms with Gasteiger partial charge in [0.25, 0.3) is 5.91 Å². The molecule has 0 aliphatic heterocycles. The molecule has 0 aromatic carbocycles. The Hall–Kier alpha value is -2.08. The van der Waals surface area contributed by atoms with Gasteiger partial charge in [0, 0.05) is 30.3 Å². The van der Waals surface area contributed by atoms with Crippen LogP contribution in [-0.2, 0) is 0 Å². The van der Waals surface area contributed by atoms with E-state index in [0.717, 1.165) is 44.3 Å². The number of halogens is 1. The third kappa shape index (κ3) is 4.12. The zero-order valence-electron chi connectivity index (χ0n) is 13.8. The van der Waals surface area contributed by atoms with Crippen LogP contribution in [0.3, 0.4) is 0 Å². The van der Waals surface area contributed by atoms with Gasteiger partial charge in [-0.1, -0.05) is 16.8 Å². The number of nitrogens with one attached hydrogen (secondary N) is 1. The van der Waals surface area contributed by atoms with Crippen molar-refractivity contribution in [1.29, 1.82) is 0 Å². The van der Waals surface area contributed by atoms with Crippen molar-refractivity contribution in [1.82, 2.24) is 15.5 Å². The number of rotatable bonds is 5. The van der Waals surface area contributed by atoms with Gasteiger partial charge in [-0.05, 0) is 44.6 Å². The first-order chi connectivity index (χ1) is 12.2. The molecule has 2 heterocycles. The van der Waals surface area contributed by atoms with Crippen molar-refractivity contribution in [2.24, 2.45) is 0 Å². The molecule has 1 N–H and O–H groups in total. The molecule has 0 saturated heterocycles. The van der Waals surface area contributed by atoms with Crippen LogP contribution in [0.1, 0.15) is 60.7 Å². The lowest BCUT2D eigenvalue weighted by Crippen LogP contribution is -2.39. The van der Waals surface area contributed by atoms with Crippen molar-refractivity contribution < 1.29 is 14.1 Å². The Labute approximate surface area is 150 Å². The van der Waals surface area contributed by atoms with Crippen molar-refractivity contribution in [3.05, 3.63) is 40.9 Å². The van der Waals surface area contributed by atoms with Crippen LogP contribution in [0.15, 0.2) is 28.9 Å². The van der Waals surface area contributed by atoms with E-state index in [2.05, 4.69) is 15.5 Å². The molecule has 2 aliphatic carbocycles. The van der Waals surface area contributed by atoms with Gasteiger partial charge in [-0.15, -0.1) is 0 Å². The van der Waals surface area contributed by atoms with Gasteiger partial charge < -0.3 is 14.6 Å². The zero-order chi connectivity index (χ0) is 17.2. The van der Waals surface area contributed by atoms with E-state index in [1.807, 2.05) is 0 Å². The van der Waals surface area contributed by atoms with Crippen molar-refractivity contribution in [3.63, 3.8) is 0 Å². The molecular formula is C18H20ClN3O3. The van der Waals surface area contributed by atoms with Gasteiger partial charge in [-0.2, -0.15) is 0 Å². The highest BCUT2D eigenvalue weighted by atomic mass is 35.5. The summed E-state index contributed by atoms with van der Waals surface area (Å²) in [5.74, 6) is 1.73. The van der Waals surface area contributed by atoms with E-state index in [9.17, 15) is 4.79 Å². The number of aromatic nitrogens is 2. The van der Waals surface area contributed by atoms with E-state index in [-0.39, 0.29) is 18.1 Å². The quantitative estimate of drug-likeness (QED) is 0.878. The summed E-state index contributed by atoms with van der Waals surface area (Å²) in [7, 11) is 0. The number of carbonyl (C=O) groups is 1. The van der Waals surface area contributed by atoms with E-state index < -0.39 is 0 Å². The van der Waals surface area contributed by atoms with Crippen LogP contribution in [0.25, 0.3) is 0 Å². The molecule has 0 radical (unpaired) electrons. The summed E-state index contributed by atoms with van der Waals surface area (Å²) in [4.78, 5) is 16.4. The van der Waals surface area contributed by atoms with Gasteiger partial charge in [-0.3, -0.25) is 4.79 Å². The maximum absolute atomic E-state index is 12.3. The van der Waals surface area contributed by atoms with Crippen LogP contribution in [0.2, 0.25) is 5.02 Å². The summed E-state index contributed by atoms with van der Waals surface area (Å²) >= 11 is 5.82. The van der Waals surface area contributed by atoms with Crippen LogP contribution < -0.4 is 10.1 Å². The Bertz CT molecular complexity index is 734. The van der Waals surface area contributed by atoms with E-state index in [4.69, 9.17) is 20.9 Å². The summed E-state index contributed by atoms with van der Waals surface area (Å²) in [5, 5.41) is 7.53. The Balaban J connectivity index is 1.25. The molecule has 2 aromatic heterocycles. The molecule has 0 unspecified atom stereocenters. The number of pyridine rings is 1. The molecule has 4 rings (SSSR count). The molecule has 1 amide bonds. The highest BCUT2D eigenvalue weighted by Crippen LogP contribution is 2.40. The molecule has 2 aromatic rings. The average molecular weight is 362 g/mol. The zero-order valence-corrected chi connectivity index (χ0v) is 14.5. The lowest BCUT2D eigenvalue weighted by Gasteiger charge is -2.28. The van der Waals surface area contributed by atoms with E-state index in [0.29, 0.717) is 22.5 Å². The summed E-state index contributed by atoms with van der Waals surface area (Å²) in [5.41, 5.74) is 0.380. The second-order valence-corrected chi connectivity index (χ2v) is 7.20. The standard InChI is InChI=1S/C18H20ClN3O3/c19-12-3-8-17(20-10-12)24-14-6-4-13(5-7-14)21-18(23)15-9-16(25-22-15)11-1-2-11/h3,8-11,13-14H,1-2,4-7H2,(H,21,23). The number of hydrogen-bond donors (Lipinski definition) is 1. The van der Waals surface area contributed by atoms with Crippen LogP contribution in [-0.4, -0.2) is 28.2 Å². The largest absolute Gasteiger partial charge is 0.474 e.